The maximum absolute atomic E-state index is 14.4. The minimum atomic E-state index is -0.974. The number of hydrogen-bond acceptors (Lipinski definition) is 4. The zero-order valence-corrected chi connectivity index (χ0v) is 16.5. The van der Waals surface area contributed by atoms with E-state index in [9.17, 15) is 14.6 Å². The standard InChI is InChI=1S/C21H28FNO3.ClH/c1-2-3-12-26-18-8-9-19(20(22)13-18)17-6-4-16(5-7-17)10-11-21(23,14-24)15-25;/h4-9,13,24-25H,2-3,10-12,14-15,23H2,1H3;1H. The van der Waals surface area contributed by atoms with Crippen molar-refractivity contribution in [3.63, 3.8) is 0 Å². The van der Waals surface area contributed by atoms with Gasteiger partial charge in [-0.1, -0.05) is 37.6 Å². The highest BCUT2D eigenvalue weighted by atomic mass is 35.5. The molecule has 2 rings (SSSR count). The van der Waals surface area contributed by atoms with Gasteiger partial charge in [0.2, 0.25) is 0 Å². The predicted octanol–water partition coefficient (Wildman–Crippen LogP) is 3.71. The van der Waals surface area contributed by atoms with Crippen LogP contribution in [0.5, 0.6) is 5.75 Å². The van der Waals surface area contributed by atoms with Gasteiger partial charge >= 0.3 is 0 Å². The molecule has 0 saturated heterocycles. The SMILES string of the molecule is CCCCOc1ccc(-c2ccc(CCC(N)(CO)CO)cc2)c(F)c1.Cl. The lowest BCUT2D eigenvalue weighted by Gasteiger charge is -2.24. The van der Waals surface area contributed by atoms with E-state index >= 15 is 0 Å². The summed E-state index contributed by atoms with van der Waals surface area (Å²) < 4.78 is 19.9. The van der Waals surface area contributed by atoms with E-state index < -0.39 is 5.54 Å². The first-order valence-corrected chi connectivity index (χ1v) is 9.03. The van der Waals surface area contributed by atoms with Crippen LogP contribution < -0.4 is 10.5 Å². The first kappa shape index (κ1) is 23.4. The molecule has 2 aromatic carbocycles. The molecular formula is C21H29ClFNO3. The van der Waals surface area contributed by atoms with Crippen LogP contribution in [0, 0.1) is 5.82 Å². The number of aryl methyl sites for hydroxylation is 1. The van der Waals surface area contributed by atoms with E-state index in [1.165, 1.54) is 6.07 Å². The van der Waals surface area contributed by atoms with E-state index in [2.05, 4.69) is 6.92 Å². The third kappa shape index (κ3) is 6.78. The average molecular weight is 398 g/mol. The monoisotopic (exact) mass is 397 g/mol. The van der Waals surface area contributed by atoms with Gasteiger partial charge in [-0.15, -0.1) is 12.4 Å². The van der Waals surface area contributed by atoms with E-state index in [0.717, 1.165) is 24.0 Å². The fourth-order valence-corrected chi connectivity index (χ4v) is 2.61. The number of aliphatic hydroxyl groups is 2. The van der Waals surface area contributed by atoms with Crippen molar-refractivity contribution in [2.75, 3.05) is 19.8 Å². The normalized spacial score (nSPS) is 11.1. The molecule has 0 heterocycles. The molecule has 0 unspecified atom stereocenters. The Balaban J connectivity index is 0.00000364. The molecule has 0 radical (unpaired) electrons. The predicted molar refractivity (Wildman–Crippen MR) is 109 cm³/mol. The highest BCUT2D eigenvalue weighted by molar-refractivity contribution is 5.85. The van der Waals surface area contributed by atoms with E-state index in [-0.39, 0.29) is 31.4 Å². The Morgan fingerprint density at radius 1 is 1.07 bits per heavy atom. The van der Waals surface area contributed by atoms with Crippen molar-refractivity contribution in [2.24, 2.45) is 5.73 Å². The Morgan fingerprint density at radius 2 is 1.74 bits per heavy atom. The first-order valence-electron chi connectivity index (χ1n) is 9.03. The van der Waals surface area contributed by atoms with Crippen LogP contribution in [0.15, 0.2) is 42.5 Å². The summed E-state index contributed by atoms with van der Waals surface area (Å²) in [7, 11) is 0. The number of halogens is 2. The minimum Gasteiger partial charge on any atom is -0.493 e. The number of unbranched alkanes of at least 4 members (excludes halogenated alkanes) is 1. The molecule has 6 heteroatoms. The number of aliphatic hydroxyl groups excluding tert-OH is 2. The molecule has 0 aliphatic carbocycles. The van der Waals surface area contributed by atoms with Gasteiger partial charge in [-0.25, -0.2) is 4.39 Å². The fraction of sp³-hybridized carbons (Fsp3) is 0.429. The van der Waals surface area contributed by atoms with E-state index in [1.807, 2.05) is 24.3 Å². The van der Waals surface area contributed by atoms with Crippen molar-refractivity contribution in [1.29, 1.82) is 0 Å². The minimum absolute atomic E-state index is 0. The lowest BCUT2D eigenvalue weighted by Crippen LogP contribution is -2.47. The van der Waals surface area contributed by atoms with Gasteiger partial charge in [0.15, 0.2) is 0 Å². The molecule has 0 spiro atoms. The maximum Gasteiger partial charge on any atom is 0.134 e. The molecule has 0 bridgehead atoms. The third-order valence-corrected chi connectivity index (χ3v) is 4.51. The maximum atomic E-state index is 14.4. The summed E-state index contributed by atoms with van der Waals surface area (Å²) >= 11 is 0. The number of rotatable bonds is 10. The first-order chi connectivity index (χ1) is 12.5. The molecule has 0 amide bonds. The van der Waals surface area contributed by atoms with Crippen LogP contribution >= 0.6 is 12.4 Å². The number of nitrogens with two attached hydrogens (primary N) is 1. The second kappa shape index (κ2) is 11.2. The molecular weight excluding hydrogens is 369 g/mol. The highest BCUT2D eigenvalue weighted by Crippen LogP contribution is 2.27. The van der Waals surface area contributed by atoms with Gasteiger partial charge in [-0.05, 0) is 42.5 Å². The van der Waals surface area contributed by atoms with Crippen molar-refractivity contribution < 1.29 is 19.3 Å². The van der Waals surface area contributed by atoms with Crippen molar-refractivity contribution in [2.45, 2.75) is 38.1 Å². The summed E-state index contributed by atoms with van der Waals surface area (Å²) in [6.07, 6.45) is 3.08. The molecule has 150 valence electrons. The zero-order chi connectivity index (χ0) is 19.0. The second-order valence-corrected chi connectivity index (χ2v) is 6.72. The summed E-state index contributed by atoms with van der Waals surface area (Å²) in [5.41, 5.74) is 7.24. The van der Waals surface area contributed by atoms with Gasteiger partial charge in [0.1, 0.15) is 11.6 Å². The Morgan fingerprint density at radius 3 is 2.30 bits per heavy atom. The van der Waals surface area contributed by atoms with E-state index in [4.69, 9.17) is 10.5 Å². The Kier molecular flexibility index (Phi) is 9.74. The Hall–Kier alpha value is -1.66. The van der Waals surface area contributed by atoms with Gasteiger partial charge < -0.3 is 20.7 Å². The van der Waals surface area contributed by atoms with Gasteiger partial charge in [0.05, 0.1) is 25.4 Å². The number of ether oxygens (including phenoxy) is 1. The molecule has 0 atom stereocenters. The van der Waals surface area contributed by atoms with Gasteiger partial charge in [-0.3, -0.25) is 0 Å². The summed E-state index contributed by atoms with van der Waals surface area (Å²) in [5, 5.41) is 18.5. The molecule has 2 aromatic rings. The summed E-state index contributed by atoms with van der Waals surface area (Å²) in [4.78, 5) is 0. The Bertz CT molecular complexity index is 690. The molecule has 0 aliphatic rings. The molecule has 27 heavy (non-hydrogen) atoms. The van der Waals surface area contributed by atoms with Crippen LogP contribution in [-0.2, 0) is 6.42 Å². The van der Waals surface area contributed by atoms with Gasteiger partial charge in [0, 0.05) is 11.6 Å². The summed E-state index contributed by atoms with van der Waals surface area (Å²) in [6.45, 7) is 2.14. The molecule has 0 aliphatic heterocycles. The van der Waals surface area contributed by atoms with Crippen LogP contribution in [0.2, 0.25) is 0 Å². The number of benzene rings is 2. The zero-order valence-electron chi connectivity index (χ0n) is 15.7. The van der Waals surface area contributed by atoms with Crippen LogP contribution in [0.4, 0.5) is 4.39 Å². The van der Waals surface area contributed by atoms with Gasteiger partial charge in [0.25, 0.3) is 0 Å². The second-order valence-electron chi connectivity index (χ2n) is 6.72. The molecule has 0 fully saturated rings. The van der Waals surface area contributed by atoms with Crippen LogP contribution in [0.25, 0.3) is 11.1 Å². The molecule has 4 nitrogen and oxygen atoms in total. The van der Waals surface area contributed by atoms with Crippen molar-refractivity contribution in [3.8, 4) is 16.9 Å². The van der Waals surface area contributed by atoms with Gasteiger partial charge in [-0.2, -0.15) is 0 Å². The highest BCUT2D eigenvalue weighted by Gasteiger charge is 2.22. The molecule has 4 N–H and O–H groups in total. The Labute approximate surface area is 166 Å². The molecule has 0 aromatic heterocycles. The summed E-state index contributed by atoms with van der Waals surface area (Å²) in [6, 6.07) is 12.5. The lowest BCUT2D eigenvalue weighted by molar-refractivity contribution is 0.115. The smallest absolute Gasteiger partial charge is 0.134 e. The van der Waals surface area contributed by atoms with Crippen molar-refractivity contribution in [1.82, 2.24) is 0 Å². The van der Waals surface area contributed by atoms with Crippen LogP contribution in [0.1, 0.15) is 31.7 Å². The van der Waals surface area contributed by atoms with Crippen LogP contribution in [-0.4, -0.2) is 35.6 Å². The quantitative estimate of drug-likeness (QED) is 0.534. The van der Waals surface area contributed by atoms with E-state index in [1.54, 1.807) is 12.1 Å². The van der Waals surface area contributed by atoms with Crippen molar-refractivity contribution in [3.05, 3.63) is 53.8 Å². The fourth-order valence-electron chi connectivity index (χ4n) is 2.61. The topological polar surface area (TPSA) is 75.7 Å². The lowest BCUT2D eigenvalue weighted by atomic mass is 9.93. The number of hydrogen-bond donors (Lipinski definition) is 3. The average Bonchev–Trinajstić information content (AvgIpc) is 2.67. The van der Waals surface area contributed by atoms with Crippen LogP contribution in [0.3, 0.4) is 0 Å². The third-order valence-electron chi connectivity index (χ3n) is 4.51. The molecule has 0 saturated carbocycles. The summed E-state index contributed by atoms with van der Waals surface area (Å²) in [5.74, 6) is 0.233. The largest absolute Gasteiger partial charge is 0.493 e. The van der Waals surface area contributed by atoms with E-state index in [0.29, 0.717) is 30.8 Å². The van der Waals surface area contributed by atoms with Crippen molar-refractivity contribution >= 4 is 12.4 Å².